The van der Waals surface area contributed by atoms with E-state index < -0.39 is 10.0 Å². The highest BCUT2D eigenvalue weighted by Gasteiger charge is 2.23. The highest BCUT2D eigenvalue weighted by atomic mass is 32.2. The monoisotopic (exact) mass is 256 g/mol. The molecule has 0 atom stereocenters. The fraction of sp³-hybridized carbons (Fsp3) is 0.500. The smallest absolute Gasteiger partial charge is 0.243 e. The SMILES string of the molecule is CCCN(C)S(=O)(=O)c1cc(C)cc(N)c1C. The molecule has 0 saturated heterocycles. The molecule has 0 aliphatic heterocycles. The van der Waals surface area contributed by atoms with Crippen molar-refractivity contribution >= 4 is 15.7 Å². The molecule has 5 heteroatoms. The minimum atomic E-state index is -3.42. The zero-order valence-electron chi connectivity index (χ0n) is 10.8. The normalized spacial score (nSPS) is 12.1. The summed E-state index contributed by atoms with van der Waals surface area (Å²) in [5.74, 6) is 0. The van der Waals surface area contributed by atoms with Crippen molar-refractivity contribution in [3.05, 3.63) is 23.3 Å². The van der Waals surface area contributed by atoms with E-state index in [0.717, 1.165) is 12.0 Å². The Kier molecular flexibility index (Phi) is 4.16. The van der Waals surface area contributed by atoms with Gasteiger partial charge in [-0.25, -0.2) is 12.7 Å². The maximum absolute atomic E-state index is 12.3. The Morgan fingerprint density at radius 3 is 2.41 bits per heavy atom. The van der Waals surface area contributed by atoms with Gasteiger partial charge in [0.1, 0.15) is 0 Å². The van der Waals surface area contributed by atoms with Gasteiger partial charge in [-0.3, -0.25) is 0 Å². The largest absolute Gasteiger partial charge is 0.398 e. The predicted molar refractivity (Wildman–Crippen MR) is 70.4 cm³/mol. The zero-order valence-corrected chi connectivity index (χ0v) is 11.6. The van der Waals surface area contributed by atoms with Crippen LogP contribution in [0.2, 0.25) is 0 Å². The van der Waals surface area contributed by atoms with Gasteiger partial charge < -0.3 is 5.73 Å². The molecule has 17 heavy (non-hydrogen) atoms. The number of benzene rings is 1. The molecule has 1 aromatic rings. The maximum Gasteiger partial charge on any atom is 0.243 e. The summed E-state index contributed by atoms with van der Waals surface area (Å²) in [6.45, 7) is 6.04. The molecule has 0 aliphatic rings. The van der Waals surface area contributed by atoms with Gasteiger partial charge in [0.25, 0.3) is 0 Å². The summed E-state index contributed by atoms with van der Waals surface area (Å²) < 4.78 is 26.0. The number of sulfonamides is 1. The summed E-state index contributed by atoms with van der Waals surface area (Å²) in [4.78, 5) is 0.311. The lowest BCUT2D eigenvalue weighted by molar-refractivity contribution is 0.468. The van der Waals surface area contributed by atoms with Crippen molar-refractivity contribution in [1.29, 1.82) is 0 Å². The van der Waals surface area contributed by atoms with Crippen LogP contribution in [-0.2, 0) is 10.0 Å². The van der Waals surface area contributed by atoms with E-state index in [9.17, 15) is 8.42 Å². The van der Waals surface area contributed by atoms with E-state index in [1.165, 1.54) is 4.31 Å². The van der Waals surface area contributed by atoms with Crippen LogP contribution in [0.3, 0.4) is 0 Å². The third kappa shape index (κ3) is 2.79. The van der Waals surface area contributed by atoms with Crippen LogP contribution in [0.1, 0.15) is 24.5 Å². The number of nitrogen functional groups attached to an aromatic ring is 1. The molecule has 0 saturated carbocycles. The van der Waals surface area contributed by atoms with E-state index in [1.807, 2.05) is 13.8 Å². The average Bonchev–Trinajstić information content (AvgIpc) is 2.23. The Balaban J connectivity index is 3.33. The molecular weight excluding hydrogens is 236 g/mol. The van der Waals surface area contributed by atoms with E-state index in [-0.39, 0.29) is 0 Å². The molecule has 0 bridgehead atoms. The van der Waals surface area contributed by atoms with Crippen molar-refractivity contribution in [3.8, 4) is 0 Å². The lowest BCUT2D eigenvalue weighted by Gasteiger charge is -2.19. The van der Waals surface area contributed by atoms with E-state index in [2.05, 4.69) is 0 Å². The molecular formula is C12H20N2O2S. The van der Waals surface area contributed by atoms with Gasteiger partial charge in [0, 0.05) is 19.3 Å². The van der Waals surface area contributed by atoms with Crippen LogP contribution < -0.4 is 5.73 Å². The first-order chi connectivity index (χ1) is 7.80. The summed E-state index contributed by atoms with van der Waals surface area (Å²) in [5, 5.41) is 0. The second-order valence-electron chi connectivity index (χ2n) is 4.30. The Hall–Kier alpha value is -1.07. The highest BCUT2D eigenvalue weighted by Crippen LogP contribution is 2.25. The molecule has 4 nitrogen and oxygen atoms in total. The van der Waals surface area contributed by atoms with Crippen LogP contribution in [0.15, 0.2) is 17.0 Å². The second kappa shape index (κ2) is 5.06. The van der Waals surface area contributed by atoms with Crippen molar-refractivity contribution in [2.75, 3.05) is 19.3 Å². The zero-order chi connectivity index (χ0) is 13.2. The van der Waals surface area contributed by atoms with Gasteiger partial charge >= 0.3 is 0 Å². The summed E-state index contributed by atoms with van der Waals surface area (Å²) in [7, 11) is -1.83. The number of anilines is 1. The number of hydrogen-bond donors (Lipinski definition) is 1. The third-order valence-corrected chi connectivity index (χ3v) is 4.75. The third-order valence-electron chi connectivity index (χ3n) is 2.77. The molecule has 0 radical (unpaired) electrons. The van der Waals surface area contributed by atoms with Gasteiger partial charge in [0.05, 0.1) is 4.90 Å². The van der Waals surface area contributed by atoms with Gasteiger partial charge in [-0.1, -0.05) is 6.92 Å². The van der Waals surface area contributed by atoms with Gasteiger partial charge in [0.2, 0.25) is 10.0 Å². The standard InChI is InChI=1S/C12H20N2O2S/c1-5-6-14(4)17(15,16)12-8-9(2)7-11(13)10(12)3/h7-8H,5-6,13H2,1-4H3. The summed E-state index contributed by atoms with van der Waals surface area (Å²) in [6.07, 6.45) is 0.788. The number of hydrogen-bond acceptors (Lipinski definition) is 3. The van der Waals surface area contributed by atoms with Crippen LogP contribution in [0.5, 0.6) is 0 Å². The van der Waals surface area contributed by atoms with E-state index in [4.69, 9.17) is 5.73 Å². The summed E-state index contributed by atoms with van der Waals surface area (Å²) in [6, 6.07) is 3.46. The average molecular weight is 256 g/mol. The van der Waals surface area contributed by atoms with Gasteiger partial charge in [-0.05, 0) is 43.5 Å². The van der Waals surface area contributed by atoms with Crippen LogP contribution >= 0.6 is 0 Å². The number of rotatable bonds is 4. The molecule has 1 rings (SSSR count). The van der Waals surface area contributed by atoms with E-state index >= 15 is 0 Å². The van der Waals surface area contributed by atoms with Crippen LogP contribution in [-0.4, -0.2) is 26.3 Å². The molecule has 1 aromatic carbocycles. The van der Waals surface area contributed by atoms with Gasteiger partial charge in [0.15, 0.2) is 0 Å². The fourth-order valence-electron chi connectivity index (χ4n) is 1.72. The second-order valence-corrected chi connectivity index (χ2v) is 6.32. The van der Waals surface area contributed by atoms with Gasteiger partial charge in [-0.15, -0.1) is 0 Å². The number of nitrogens with zero attached hydrogens (tertiary/aromatic N) is 1. The Labute approximate surface area is 103 Å². The Morgan fingerprint density at radius 1 is 1.29 bits per heavy atom. The van der Waals surface area contributed by atoms with Crippen molar-refractivity contribution < 1.29 is 8.42 Å². The fourth-order valence-corrected chi connectivity index (χ4v) is 3.32. The quantitative estimate of drug-likeness (QED) is 0.837. The lowest BCUT2D eigenvalue weighted by Crippen LogP contribution is -2.28. The first-order valence-corrected chi connectivity index (χ1v) is 7.07. The molecule has 0 spiro atoms. The van der Waals surface area contributed by atoms with Crippen molar-refractivity contribution in [2.45, 2.75) is 32.1 Å². The lowest BCUT2D eigenvalue weighted by atomic mass is 10.1. The van der Waals surface area contributed by atoms with Crippen LogP contribution in [0.4, 0.5) is 5.69 Å². The first kappa shape index (κ1) is 14.0. The predicted octanol–water partition coefficient (Wildman–Crippen LogP) is 1.92. The van der Waals surface area contributed by atoms with Crippen molar-refractivity contribution in [2.24, 2.45) is 0 Å². The molecule has 0 amide bonds. The van der Waals surface area contributed by atoms with E-state index in [1.54, 1.807) is 26.1 Å². The maximum atomic E-state index is 12.3. The number of nitrogens with two attached hydrogens (primary N) is 1. The molecule has 0 fully saturated rings. The topological polar surface area (TPSA) is 63.4 Å². The van der Waals surface area contributed by atoms with Crippen LogP contribution in [0, 0.1) is 13.8 Å². The molecule has 0 heterocycles. The van der Waals surface area contributed by atoms with Crippen LogP contribution in [0.25, 0.3) is 0 Å². The van der Waals surface area contributed by atoms with Crippen molar-refractivity contribution in [3.63, 3.8) is 0 Å². The molecule has 2 N–H and O–H groups in total. The summed E-state index contributed by atoms with van der Waals surface area (Å²) in [5.41, 5.74) is 7.81. The van der Waals surface area contributed by atoms with Crippen molar-refractivity contribution in [1.82, 2.24) is 4.31 Å². The van der Waals surface area contributed by atoms with E-state index in [0.29, 0.717) is 22.7 Å². The van der Waals surface area contributed by atoms with Gasteiger partial charge in [-0.2, -0.15) is 0 Å². The minimum absolute atomic E-state index is 0.311. The first-order valence-electron chi connectivity index (χ1n) is 5.63. The molecule has 0 unspecified atom stereocenters. The molecule has 0 aliphatic carbocycles. The number of aryl methyl sites for hydroxylation is 1. The minimum Gasteiger partial charge on any atom is -0.398 e. The Bertz CT molecular complexity index is 509. The Morgan fingerprint density at radius 2 is 1.88 bits per heavy atom. The molecule has 96 valence electrons. The summed E-state index contributed by atoms with van der Waals surface area (Å²) >= 11 is 0. The molecule has 0 aromatic heterocycles. The highest BCUT2D eigenvalue weighted by molar-refractivity contribution is 7.89.